The molecule has 0 spiro atoms. The number of hydrogen-bond acceptors (Lipinski definition) is 4. The molecule has 0 aliphatic heterocycles. The average molecular weight is 345 g/mol. The Bertz CT molecular complexity index is 829. The fraction of sp³-hybridized carbons (Fsp3) is 0.222. The number of oxazole rings is 1. The molecule has 2 aromatic carbocycles. The van der Waals surface area contributed by atoms with Crippen LogP contribution in [0.3, 0.4) is 0 Å². The van der Waals surface area contributed by atoms with Gasteiger partial charge in [0.2, 0.25) is 5.89 Å². The number of rotatable bonds is 5. The number of ether oxygens (including phenoxy) is 1. The first-order valence-corrected chi connectivity index (χ1v) is 7.99. The number of carbonyl (C=O) groups excluding carboxylic acids is 1. The minimum absolute atomic E-state index is 0.260. The van der Waals surface area contributed by atoms with Crippen LogP contribution >= 0.6 is 11.6 Å². The molecular formula is C18H17ClN2O3. The maximum atomic E-state index is 12.3. The third-order valence-corrected chi connectivity index (χ3v) is 3.75. The van der Waals surface area contributed by atoms with Crippen LogP contribution in [0.1, 0.15) is 25.8 Å². The van der Waals surface area contributed by atoms with Crippen LogP contribution in [0.4, 0.5) is 0 Å². The topological polar surface area (TPSA) is 64.4 Å². The summed E-state index contributed by atoms with van der Waals surface area (Å²) in [5, 5.41) is 3.39. The molecule has 1 amide bonds. The van der Waals surface area contributed by atoms with Gasteiger partial charge in [0.05, 0.1) is 0 Å². The van der Waals surface area contributed by atoms with Crippen molar-refractivity contribution in [3.63, 3.8) is 0 Å². The first kappa shape index (κ1) is 16.3. The zero-order chi connectivity index (χ0) is 17.1. The lowest BCUT2D eigenvalue weighted by molar-refractivity contribution is -0.128. The second-order valence-corrected chi connectivity index (χ2v) is 5.90. The number of aromatic nitrogens is 1. The van der Waals surface area contributed by atoms with Gasteiger partial charge in [-0.15, -0.1) is 0 Å². The van der Waals surface area contributed by atoms with Gasteiger partial charge in [-0.2, -0.15) is 0 Å². The van der Waals surface area contributed by atoms with Crippen LogP contribution in [0.25, 0.3) is 11.1 Å². The summed E-state index contributed by atoms with van der Waals surface area (Å²) in [6.45, 7) is 3.49. The zero-order valence-corrected chi connectivity index (χ0v) is 14.1. The smallest absolute Gasteiger partial charge is 0.261 e. The van der Waals surface area contributed by atoms with E-state index in [4.69, 9.17) is 20.8 Å². The highest BCUT2D eigenvalue weighted by Gasteiger charge is 2.20. The van der Waals surface area contributed by atoms with E-state index in [2.05, 4.69) is 10.3 Å². The molecule has 124 valence electrons. The van der Waals surface area contributed by atoms with E-state index in [9.17, 15) is 4.79 Å². The summed E-state index contributed by atoms with van der Waals surface area (Å²) in [5.41, 5.74) is 1.45. The van der Waals surface area contributed by atoms with Crippen molar-refractivity contribution < 1.29 is 13.9 Å². The Morgan fingerprint density at radius 1 is 1.21 bits per heavy atom. The molecule has 1 N–H and O–H groups in total. The van der Waals surface area contributed by atoms with E-state index in [1.165, 1.54) is 0 Å². The minimum Gasteiger partial charge on any atom is -0.481 e. The number of benzene rings is 2. The second kappa shape index (κ2) is 6.93. The maximum Gasteiger partial charge on any atom is 0.261 e. The van der Waals surface area contributed by atoms with Gasteiger partial charge in [0.15, 0.2) is 11.7 Å². The van der Waals surface area contributed by atoms with Gasteiger partial charge >= 0.3 is 0 Å². The number of amides is 1. The van der Waals surface area contributed by atoms with Crippen LogP contribution in [-0.2, 0) is 4.79 Å². The Hall–Kier alpha value is -2.53. The Labute approximate surface area is 144 Å². The molecule has 0 radical (unpaired) electrons. The van der Waals surface area contributed by atoms with Crippen LogP contribution in [0, 0.1) is 0 Å². The summed E-state index contributed by atoms with van der Waals surface area (Å²) < 4.78 is 11.3. The second-order valence-electron chi connectivity index (χ2n) is 5.47. The van der Waals surface area contributed by atoms with Crippen molar-refractivity contribution in [1.29, 1.82) is 0 Å². The van der Waals surface area contributed by atoms with Crippen LogP contribution in [0.15, 0.2) is 52.9 Å². The molecule has 3 aromatic rings. The standard InChI is InChI=1S/C18H17ClN2O3/c1-11(18-21-15-8-3-4-9-16(15)24-18)20-17(22)12(2)23-14-7-5-6-13(19)10-14/h3-12H,1-2H3,(H,20,22). The fourth-order valence-corrected chi connectivity index (χ4v) is 2.45. The van der Waals surface area contributed by atoms with E-state index >= 15 is 0 Å². The van der Waals surface area contributed by atoms with Gasteiger partial charge < -0.3 is 14.5 Å². The summed E-state index contributed by atoms with van der Waals surface area (Å²) in [5.74, 6) is 0.740. The minimum atomic E-state index is -0.671. The lowest BCUT2D eigenvalue weighted by Crippen LogP contribution is -2.37. The molecule has 0 aliphatic carbocycles. The molecule has 3 rings (SSSR count). The van der Waals surface area contributed by atoms with Crippen molar-refractivity contribution in [3.8, 4) is 5.75 Å². The largest absolute Gasteiger partial charge is 0.481 e. The number of nitrogens with one attached hydrogen (secondary N) is 1. The Kier molecular flexibility index (Phi) is 4.71. The molecular weight excluding hydrogens is 328 g/mol. The molecule has 0 fully saturated rings. The van der Waals surface area contributed by atoms with Crippen molar-refractivity contribution >= 4 is 28.6 Å². The van der Waals surface area contributed by atoms with E-state index in [1.54, 1.807) is 31.2 Å². The first-order chi connectivity index (χ1) is 11.5. The molecule has 1 aromatic heterocycles. The van der Waals surface area contributed by atoms with Crippen LogP contribution in [0.2, 0.25) is 5.02 Å². The van der Waals surface area contributed by atoms with Crippen molar-refractivity contribution in [2.75, 3.05) is 0 Å². The molecule has 6 heteroatoms. The SMILES string of the molecule is CC(Oc1cccc(Cl)c1)C(=O)NC(C)c1nc2ccccc2o1. The summed E-state index contributed by atoms with van der Waals surface area (Å²) >= 11 is 5.91. The van der Waals surface area contributed by atoms with Gasteiger partial charge in [-0.05, 0) is 44.2 Å². The number of halogens is 1. The predicted octanol–water partition coefficient (Wildman–Crippen LogP) is 4.13. The number of hydrogen-bond donors (Lipinski definition) is 1. The van der Waals surface area contributed by atoms with Crippen LogP contribution in [0.5, 0.6) is 5.75 Å². The Morgan fingerprint density at radius 2 is 2.00 bits per heavy atom. The Balaban J connectivity index is 1.64. The molecule has 0 bridgehead atoms. The summed E-state index contributed by atoms with van der Waals surface area (Å²) in [4.78, 5) is 16.7. The van der Waals surface area contributed by atoms with Crippen LogP contribution < -0.4 is 10.1 Å². The molecule has 24 heavy (non-hydrogen) atoms. The zero-order valence-electron chi connectivity index (χ0n) is 13.3. The quantitative estimate of drug-likeness (QED) is 0.756. The first-order valence-electron chi connectivity index (χ1n) is 7.61. The van der Waals surface area contributed by atoms with E-state index in [0.717, 1.165) is 5.52 Å². The van der Waals surface area contributed by atoms with Gasteiger partial charge in [-0.25, -0.2) is 4.98 Å². The van der Waals surface area contributed by atoms with Gasteiger partial charge in [-0.3, -0.25) is 4.79 Å². The average Bonchev–Trinajstić information content (AvgIpc) is 2.99. The Morgan fingerprint density at radius 3 is 2.75 bits per heavy atom. The molecule has 0 aliphatic rings. The van der Waals surface area contributed by atoms with Crippen molar-refractivity contribution in [1.82, 2.24) is 10.3 Å². The summed E-state index contributed by atoms with van der Waals surface area (Å²) in [7, 11) is 0. The van der Waals surface area contributed by atoms with Gasteiger partial charge in [0.1, 0.15) is 17.3 Å². The molecule has 2 atom stereocenters. The number of fused-ring (bicyclic) bond motifs is 1. The number of para-hydroxylation sites is 2. The number of carbonyl (C=O) groups is 1. The predicted molar refractivity (Wildman–Crippen MR) is 92.1 cm³/mol. The van der Waals surface area contributed by atoms with E-state index in [0.29, 0.717) is 22.2 Å². The third-order valence-electron chi connectivity index (χ3n) is 3.52. The molecule has 5 nitrogen and oxygen atoms in total. The molecule has 0 saturated carbocycles. The highest BCUT2D eigenvalue weighted by molar-refractivity contribution is 6.30. The fourth-order valence-electron chi connectivity index (χ4n) is 2.27. The molecule has 0 saturated heterocycles. The monoisotopic (exact) mass is 344 g/mol. The normalized spacial score (nSPS) is 13.5. The molecule has 2 unspecified atom stereocenters. The maximum absolute atomic E-state index is 12.3. The summed E-state index contributed by atoms with van der Waals surface area (Å²) in [6.07, 6.45) is -0.671. The lowest BCUT2D eigenvalue weighted by Gasteiger charge is -2.17. The van der Waals surface area contributed by atoms with Crippen molar-refractivity contribution in [2.45, 2.75) is 26.0 Å². The highest BCUT2D eigenvalue weighted by Crippen LogP contribution is 2.21. The van der Waals surface area contributed by atoms with E-state index < -0.39 is 6.10 Å². The van der Waals surface area contributed by atoms with E-state index in [-0.39, 0.29) is 11.9 Å². The van der Waals surface area contributed by atoms with Crippen LogP contribution in [-0.4, -0.2) is 17.0 Å². The lowest BCUT2D eigenvalue weighted by atomic mass is 10.3. The summed E-state index contributed by atoms with van der Waals surface area (Å²) in [6, 6.07) is 14.0. The highest BCUT2D eigenvalue weighted by atomic mass is 35.5. The van der Waals surface area contributed by atoms with Gasteiger partial charge in [0.25, 0.3) is 5.91 Å². The number of nitrogens with zero attached hydrogens (tertiary/aromatic N) is 1. The van der Waals surface area contributed by atoms with Gasteiger partial charge in [-0.1, -0.05) is 29.8 Å². The molecule has 1 heterocycles. The van der Waals surface area contributed by atoms with Gasteiger partial charge in [0, 0.05) is 5.02 Å². The van der Waals surface area contributed by atoms with Crippen molar-refractivity contribution in [3.05, 3.63) is 59.4 Å². The third kappa shape index (κ3) is 3.68. The van der Waals surface area contributed by atoms with E-state index in [1.807, 2.05) is 31.2 Å². The van der Waals surface area contributed by atoms with Crippen molar-refractivity contribution in [2.24, 2.45) is 0 Å².